The van der Waals surface area contributed by atoms with Crippen molar-refractivity contribution in [3.63, 3.8) is 0 Å². The zero-order valence-corrected chi connectivity index (χ0v) is 18.1. The normalized spacial score (nSPS) is 15.2. The number of halogens is 3. The van der Waals surface area contributed by atoms with E-state index in [0.29, 0.717) is 23.8 Å². The summed E-state index contributed by atoms with van der Waals surface area (Å²) in [6.07, 6.45) is 0. The van der Waals surface area contributed by atoms with Crippen molar-refractivity contribution in [2.24, 2.45) is 4.99 Å². The van der Waals surface area contributed by atoms with E-state index in [1.807, 2.05) is 0 Å². The molecule has 1 aromatic rings. The van der Waals surface area contributed by atoms with Crippen molar-refractivity contribution < 1.29 is 19.0 Å². The van der Waals surface area contributed by atoms with Crippen LogP contribution in [0.3, 0.4) is 0 Å². The van der Waals surface area contributed by atoms with Gasteiger partial charge in [-0.3, -0.25) is 9.79 Å². The van der Waals surface area contributed by atoms with Crippen LogP contribution in [0, 0.1) is 0 Å². The second kappa shape index (κ2) is 9.50. The van der Waals surface area contributed by atoms with Gasteiger partial charge in [0, 0.05) is 11.3 Å². The van der Waals surface area contributed by atoms with Crippen LogP contribution in [0.1, 0.15) is 10.4 Å². The average molecular weight is 460 g/mol. The molecule has 0 fully saturated rings. The first-order valence-electron chi connectivity index (χ1n) is 7.31. The van der Waals surface area contributed by atoms with Gasteiger partial charge in [0.05, 0.1) is 27.9 Å². The summed E-state index contributed by atoms with van der Waals surface area (Å²) in [6, 6.07) is 3.05. The molecule has 0 radical (unpaired) electrons. The maximum absolute atomic E-state index is 12.7. The molecule has 0 aliphatic carbocycles. The van der Waals surface area contributed by atoms with Gasteiger partial charge < -0.3 is 19.5 Å². The molecule has 2 rings (SSSR count). The fourth-order valence-electron chi connectivity index (χ4n) is 2.08. The zero-order chi connectivity index (χ0) is 19.3. The molecule has 26 heavy (non-hydrogen) atoms. The van der Waals surface area contributed by atoms with Crippen molar-refractivity contribution in [1.82, 2.24) is 5.32 Å². The van der Waals surface area contributed by atoms with Crippen LogP contribution in [0.2, 0.25) is 0 Å². The highest BCUT2D eigenvalue weighted by Gasteiger charge is 2.36. The van der Waals surface area contributed by atoms with Crippen LogP contribution in [0.25, 0.3) is 0 Å². The molecule has 1 heterocycles. The molecule has 0 bridgehead atoms. The van der Waals surface area contributed by atoms with E-state index in [-0.39, 0.29) is 5.56 Å². The van der Waals surface area contributed by atoms with Gasteiger partial charge in [-0.15, -0.1) is 0 Å². The summed E-state index contributed by atoms with van der Waals surface area (Å²) in [6.45, 7) is 0.709. The number of hydrogen-bond acceptors (Lipinski definition) is 7. The lowest BCUT2D eigenvalue weighted by Crippen LogP contribution is -2.41. The Kier molecular flexibility index (Phi) is 7.90. The molecular weight excluding hydrogens is 443 g/mol. The van der Waals surface area contributed by atoms with Gasteiger partial charge in [0.15, 0.2) is 11.5 Å². The third-order valence-corrected chi connectivity index (χ3v) is 6.75. The summed E-state index contributed by atoms with van der Waals surface area (Å²) in [4.78, 5) is 17.0. The van der Waals surface area contributed by atoms with E-state index >= 15 is 0 Å². The lowest BCUT2D eigenvalue weighted by Gasteiger charge is -2.25. The first kappa shape index (κ1) is 21.6. The van der Waals surface area contributed by atoms with E-state index in [1.54, 1.807) is 11.8 Å². The van der Waals surface area contributed by atoms with Gasteiger partial charge in [-0.2, -0.15) is 0 Å². The lowest BCUT2D eigenvalue weighted by molar-refractivity contribution is 0.0949. The number of benzene rings is 1. The number of nitrogens with one attached hydrogen (secondary N) is 1. The van der Waals surface area contributed by atoms with Gasteiger partial charge in [-0.1, -0.05) is 58.3 Å². The van der Waals surface area contributed by atoms with Gasteiger partial charge >= 0.3 is 0 Å². The maximum Gasteiger partial charge on any atom is 0.252 e. The Balaban J connectivity index is 2.25. The molecule has 1 aliphatic heterocycles. The summed E-state index contributed by atoms with van der Waals surface area (Å²) >= 11 is 20.9. The zero-order valence-electron chi connectivity index (χ0n) is 14.2. The maximum atomic E-state index is 12.7. The summed E-state index contributed by atoms with van der Waals surface area (Å²) < 4.78 is 14.8. The van der Waals surface area contributed by atoms with E-state index in [9.17, 15) is 4.79 Å². The Labute approximate surface area is 175 Å². The average Bonchev–Trinajstić information content (AvgIpc) is 3.11. The minimum absolute atomic E-state index is 0.278. The van der Waals surface area contributed by atoms with Crippen LogP contribution in [-0.4, -0.2) is 53.1 Å². The lowest BCUT2D eigenvalue weighted by atomic mass is 10.1. The predicted octanol–water partition coefficient (Wildman–Crippen LogP) is 3.97. The first-order chi connectivity index (χ1) is 12.3. The molecule has 144 valence electrons. The smallest absolute Gasteiger partial charge is 0.252 e. The number of rotatable bonds is 6. The third-order valence-electron chi connectivity index (χ3n) is 3.26. The van der Waals surface area contributed by atoms with Crippen LogP contribution in [0.4, 0.5) is 0 Å². The fraction of sp³-hybridized carbons (Fsp3) is 0.467. The fourth-order valence-corrected chi connectivity index (χ4v) is 4.66. The van der Waals surface area contributed by atoms with Gasteiger partial charge in [0.1, 0.15) is 9.75 Å². The number of ether oxygens (including phenoxy) is 3. The van der Waals surface area contributed by atoms with Crippen LogP contribution in [0.15, 0.2) is 17.1 Å². The van der Waals surface area contributed by atoms with Crippen molar-refractivity contribution in [2.45, 2.75) is 9.17 Å². The van der Waals surface area contributed by atoms with Crippen molar-refractivity contribution in [3.8, 4) is 17.2 Å². The topological polar surface area (TPSA) is 69.2 Å². The van der Waals surface area contributed by atoms with E-state index in [2.05, 4.69) is 10.3 Å². The first-order valence-corrected chi connectivity index (χ1v) is 10.3. The summed E-state index contributed by atoms with van der Waals surface area (Å²) in [5.74, 6) is 1.51. The van der Waals surface area contributed by atoms with E-state index in [1.165, 1.54) is 45.2 Å². The minimum Gasteiger partial charge on any atom is -0.493 e. The van der Waals surface area contributed by atoms with Gasteiger partial charge in [0.2, 0.25) is 9.54 Å². The Morgan fingerprint density at radius 2 is 1.85 bits per heavy atom. The van der Waals surface area contributed by atoms with E-state index in [0.717, 1.165) is 10.1 Å². The molecule has 0 saturated carbocycles. The molecule has 1 N–H and O–H groups in total. The monoisotopic (exact) mass is 458 g/mol. The number of alkyl halides is 3. The summed E-state index contributed by atoms with van der Waals surface area (Å²) in [5, 5.41) is 1.91. The molecule has 1 aromatic carbocycles. The quantitative estimate of drug-likeness (QED) is 0.513. The SMILES string of the molecule is COc1cc(C(=O)N[C@H](SC2=NCCS2)C(Cl)(Cl)Cl)cc(OC)c1OC. The van der Waals surface area contributed by atoms with Crippen LogP contribution >= 0.6 is 58.3 Å². The number of carbonyl (C=O) groups is 1. The number of nitrogens with zero attached hydrogens (tertiary/aromatic N) is 1. The van der Waals surface area contributed by atoms with Crippen molar-refractivity contribution >= 4 is 68.6 Å². The molecule has 0 aromatic heterocycles. The predicted molar refractivity (Wildman–Crippen MR) is 110 cm³/mol. The number of methoxy groups -OCH3 is 3. The van der Waals surface area contributed by atoms with Crippen molar-refractivity contribution in [2.75, 3.05) is 33.6 Å². The van der Waals surface area contributed by atoms with Crippen LogP contribution in [-0.2, 0) is 0 Å². The molecule has 1 aliphatic rings. The number of hydrogen-bond donors (Lipinski definition) is 1. The summed E-state index contributed by atoms with van der Waals surface area (Å²) in [5.41, 5.74) is 0.278. The molecular formula is C15H17Cl3N2O4S2. The van der Waals surface area contributed by atoms with Gasteiger partial charge in [0.25, 0.3) is 5.91 Å². The largest absolute Gasteiger partial charge is 0.493 e. The number of aliphatic imine (C=N–C) groups is 1. The molecule has 0 spiro atoms. The van der Waals surface area contributed by atoms with Crippen molar-refractivity contribution in [1.29, 1.82) is 0 Å². The van der Waals surface area contributed by atoms with Crippen molar-refractivity contribution in [3.05, 3.63) is 17.7 Å². The molecule has 0 saturated heterocycles. The number of carbonyl (C=O) groups excluding carboxylic acids is 1. The number of amides is 1. The standard InChI is InChI=1S/C15H17Cl3N2O4S2/c1-22-9-6-8(7-10(23-2)11(9)24-3)12(21)20-13(15(16,17)18)26-14-19-4-5-25-14/h6-7,13H,4-5H2,1-3H3,(H,20,21)/t13-/m1/s1. The Hall–Kier alpha value is -0.670. The third kappa shape index (κ3) is 5.42. The minimum atomic E-state index is -1.72. The molecule has 1 amide bonds. The molecule has 11 heteroatoms. The Morgan fingerprint density at radius 1 is 1.23 bits per heavy atom. The second-order valence-electron chi connectivity index (χ2n) is 4.92. The van der Waals surface area contributed by atoms with Gasteiger partial charge in [-0.25, -0.2) is 0 Å². The molecule has 1 atom stereocenters. The Bertz CT molecular complexity index is 673. The Morgan fingerprint density at radius 3 is 2.27 bits per heavy atom. The molecule has 6 nitrogen and oxygen atoms in total. The second-order valence-corrected chi connectivity index (χ2v) is 9.73. The highest BCUT2D eigenvalue weighted by atomic mass is 35.6. The summed E-state index contributed by atoms with van der Waals surface area (Å²) in [7, 11) is 4.42. The van der Waals surface area contributed by atoms with Crippen LogP contribution < -0.4 is 19.5 Å². The van der Waals surface area contributed by atoms with E-state index in [4.69, 9.17) is 49.0 Å². The van der Waals surface area contributed by atoms with Crippen LogP contribution in [0.5, 0.6) is 17.2 Å². The van der Waals surface area contributed by atoms with E-state index < -0.39 is 15.1 Å². The highest BCUT2D eigenvalue weighted by molar-refractivity contribution is 8.39. The number of thioether (sulfide) groups is 2. The highest BCUT2D eigenvalue weighted by Crippen LogP contribution is 2.41. The van der Waals surface area contributed by atoms with Gasteiger partial charge in [-0.05, 0) is 12.1 Å². The molecule has 0 unspecified atom stereocenters.